The molecule has 2 aromatic carbocycles. The van der Waals surface area contributed by atoms with E-state index in [4.69, 9.17) is 23.2 Å². The third-order valence-corrected chi connectivity index (χ3v) is 5.91. The lowest BCUT2D eigenvalue weighted by Crippen LogP contribution is -2.33. The van der Waals surface area contributed by atoms with Gasteiger partial charge in [0.25, 0.3) is 0 Å². The highest BCUT2D eigenvalue weighted by atomic mass is 35.5. The molecule has 32 heavy (non-hydrogen) atoms. The van der Waals surface area contributed by atoms with Crippen molar-refractivity contribution in [1.29, 1.82) is 0 Å². The number of halogens is 2. The van der Waals surface area contributed by atoms with Crippen LogP contribution in [0, 0.1) is 0 Å². The number of carbonyl (C=O) groups excluding carboxylic acids is 1. The minimum absolute atomic E-state index is 0.0160. The molecule has 0 saturated carbocycles. The topological polar surface area (TPSA) is 100 Å². The van der Waals surface area contributed by atoms with Crippen LogP contribution in [0.15, 0.2) is 54.7 Å². The molecule has 1 aromatic heterocycles. The maximum absolute atomic E-state index is 12.4. The second kappa shape index (κ2) is 11.0. The summed E-state index contributed by atoms with van der Waals surface area (Å²) >= 11 is 11.9. The average molecular weight is 495 g/mol. The predicted molar refractivity (Wildman–Crippen MR) is 130 cm³/mol. The smallest absolute Gasteiger partial charge is 0.221 e. The Bertz CT molecular complexity index is 1190. The van der Waals surface area contributed by atoms with Gasteiger partial charge in [0, 0.05) is 46.8 Å². The quantitative estimate of drug-likeness (QED) is 0.367. The highest BCUT2D eigenvalue weighted by Crippen LogP contribution is 2.24. The van der Waals surface area contributed by atoms with E-state index in [1.54, 1.807) is 30.5 Å². The van der Waals surface area contributed by atoms with Gasteiger partial charge in [-0.25, -0.2) is 13.1 Å². The van der Waals surface area contributed by atoms with Gasteiger partial charge < -0.3 is 10.6 Å². The zero-order valence-electron chi connectivity index (χ0n) is 17.4. The fraction of sp³-hybridized carbons (Fsp3) is 0.273. The third-order valence-electron chi connectivity index (χ3n) is 4.71. The normalized spacial score (nSPS) is 12.5. The highest BCUT2D eigenvalue weighted by Gasteiger charge is 2.19. The molecule has 1 atom stereocenters. The first-order valence-electron chi connectivity index (χ1n) is 9.99. The van der Waals surface area contributed by atoms with E-state index in [2.05, 4.69) is 20.3 Å². The summed E-state index contributed by atoms with van der Waals surface area (Å²) in [5, 5.41) is 8.33. The number of carbonyl (C=O) groups is 1. The molecule has 0 spiro atoms. The Labute approximate surface area is 197 Å². The molecule has 0 unspecified atom stereocenters. The van der Waals surface area contributed by atoms with Crippen LogP contribution in [0.4, 0.5) is 5.69 Å². The number of amides is 1. The van der Waals surface area contributed by atoms with E-state index in [1.807, 2.05) is 24.3 Å². The highest BCUT2D eigenvalue weighted by molar-refractivity contribution is 7.88. The summed E-state index contributed by atoms with van der Waals surface area (Å²) in [6, 6.07) is 13.5. The fourth-order valence-corrected chi connectivity index (χ4v) is 4.28. The number of rotatable bonds is 10. The molecule has 3 rings (SSSR count). The standard InChI is InChI=1S/C22H24Cl2N4O3S/c1-32(30,31)28-20(15-3-5-16(23)6-4-15)14-22(29)27-11-2-10-25-19-9-12-26-21-13-17(24)7-8-18(19)21/h3-9,12-13,20,28H,2,10-11,14H2,1H3,(H,25,26)(H,27,29)/t20-/m1/s1. The van der Waals surface area contributed by atoms with Crippen molar-refractivity contribution in [3.63, 3.8) is 0 Å². The maximum Gasteiger partial charge on any atom is 0.221 e. The van der Waals surface area contributed by atoms with E-state index in [1.165, 1.54) is 0 Å². The number of anilines is 1. The molecule has 0 fully saturated rings. The molecular weight excluding hydrogens is 471 g/mol. The molecule has 3 aromatic rings. The van der Waals surface area contributed by atoms with Crippen molar-refractivity contribution in [3.8, 4) is 0 Å². The molecule has 0 radical (unpaired) electrons. The lowest BCUT2D eigenvalue weighted by molar-refractivity contribution is -0.121. The molecular formula is C22H24Cl2N4O3S. The number of nitrogens with one attached hydrogen (secondary N) is 3. The van der Waals surface area contributed by atoms with Crippen molar-refractivity contribution < 1.29 is 13.2 Å². The van der Waals surface area contributed by atoms with Crippen molar-refractivity contribution >= 4 is 55.7 Å². The Morgan fingerprint density at radius 1 is 1.03 bits per heavy atom. The Hall–Kier alpha value is -2.39. The van der Waals surface area contributed by atoms with Gasteiger partial charge in [-0.15, -0.1) is 0 Å². The van der Waals surface area contributed by atoms with E-state index in [0.717, 1.165) is 22.8 Å². The Morgan fingerprint density at radius 3 is 2.47 bits per heavy atom. The number of fused-ring (bicyclic) bond motifs is 1. The number of nitrogens with zero attached hydrogens (tertiary/aromatic N) is 1. The number of pyridine rings is 1. The second-order valence-electron chi connectivity index (χ2n) is 7.35. The Kier molecular flexibility index (Phi) is 8.31. The van der Waals surface area contributed by atoms with Crippen LogP contribution in [0.5, 0.6) is 0 Å². The molecule has 1 amide bonds. The van der Waals surface area contributed by atoms with Crippen molar-refractivity contribution in [3.05, 3.63) is 70.3 Å². The summed E-state index contributed by atoms with van der Waals surface area (Å²) in [6.07, 6.45) is 3.46. The van der Waals surface area contributed by atoms with Gasteiger partial charge in [-0.2, -0.15) is 0 Å². The van der Waals surface area contributed by atoms with Crippen LogP contribution in [-0.2, 0) is 14.8 Å². The van der Waals surface area contributed by atoms with E-state index >= 15 is 0 Å². The van der Waals surface area contributed by atoms with Gasteiger partial charge >= 0.3 is 0 Å². The summed E-state index contributed by atoms with van der Waals surface area (Å²) in [7, 11) is -3.49. The van der Waals surface area contributed by atoms with E-state index in [9.17, 15) is 13.2 Å². The molecule has 170 valence electrons. The van der Waals surface area contributed by atoms with Gasteiger partial charge in [-0.05, 0) is 48.4 Å². The van der Waals surface area contributed by atoms with Gasteiger partial charge in [0.1, 0.15) is 0 Å². The zero-order chi connectivity index (χ0) is 23.1. The molecule has 0 bridgehead atoms. The van der Waals surface area contributed by atoms with Crippen molar-refractivity contribution in [2.75, 3.05) is 24.7 Å². The van der Waals surface area contributed by atoms with Gasteiger partial charge in [0.15, 0.2) is 0 Å². The number of aromatic nitrogens is 1. The van der Waals surface area contributed by atoms with Crippen LogP contribution >= 0.6 is 23.2 Å². The fourth-order valence-electron chi connectivity index (χ4n) is 3.25. The summed E-state index contributed by atoms with van der Waals surface area (Å²) < 4.78 is 25.9. The van der Waals surface area contributed by atoms with E-state index in [-0.39, 0.29) is 12.3 Å². The second-order valence-corrected chi connectivity index (χ2v) is 10.0. The van der Waals surface area contributed by atoms with E-state index in [0.29, 0.717) is 35.1 Å². The predicted octanol–water partition coefficient (Wildman–Crippen LogP) is 4.14. The van der Waals surface area contributed by atoms with Crippen molar-refractivity contribution in [1.82, 2.24) is 15.0 Å². The van der Waals surface area contributed by atoms with Crippen LogP contribution in [0.1, 0.15) is 24.4 Å². The van der Waals surface area contributed by atoms with Crippen molar-refractivity contribution in [2.45, 2.75) is 18.9 Å². The Morgan fingerprint density at radius 2 is 1.75 bits per heavy atom. The largest absolute Gasteiger partial charge is 0.384 e. The number of benzene rings is 2. The lowest BCUT2D eigenvalue weighted by Gasteiger charge is -2.18. The third kappa shape index (κ3) is 7.34. The zero-order valence-corrected chi connectivity index (χ0v) is 19.8. The molecule has 0 aliphatic heterocycles. The number of hydrogen-bond acceptors (Lipinski definition) is 5. The first-order chi connectivity index (χ1) is 15.2. The molecule has 10 heteroatoms. The van der Waals surface area contributed by atoms with Crippen LogP contribution < -0.4 is 15.4 Å². The number of sulfonamides is 1. The molecule has 0 aliphatic carbocycles. The minimum atomic E-state index is -3.49. The SMILES string of the molecule is CS(=O)(=O)N[C@H](CC(=O)NCCCNc1ccnc2cc(Cl)ccc12)c1ccc(Cl)cc1. The molecule has 0 saturated heterocycles. The van der Waals surface area contributed by atoms with Crippen molar-refractivity contribution in [2.24, 2.45) is 0 Å². The molecule has 1 heterocycles. The first kappa shape index (κ1) is 24.3. The van der Waals surface area contributed by atoms with E-state index < -0.39 is 16.1 Å². The number of hydrogen-bond donors (Lipinski definition) is 3. The molecule has 7 nitrogen and oxygen atoms in total. The molecule has 3 N–H and O–H groups in total. The Balaban J connectivity index is 1.50. The maximum atomic E-state index is 12.4. The van der Waals surface area contributed by atoms with Gasteiger partial charge in [0.2, 0.25) is 15.9 Å². The average Bonchev–Trinajstić information content (AvgIpc) is 2.72. The van der Waals surface area contributed by atoms with Crippen LogP contribution in [-0.4, -0.2) is 38.7 Å². The monoisotopic (exact) mass is 494 g/mol. The van der Waals surface area contributed by atoms with Gasteiger partial charge in [0.05, 0.1) is 17.8 Å². The van der Waals surface area contributed by atoms with Crippen LogP contribution in [0.2, 0.25) is 10.0 Å². The summed E-state index contributed by atoms with van der Waals surface area (Å²) in [5.41, 5.74) is 2.42. The lowest BCUT2D eigenvalue weighted by atomic mass is 10.0. The summed E-state index contributed by atoms with van der Waals surface area (Å²) in [4.78, 5) is 16.7. The van der Waals surface area contributed by atoms with Gasteiger partial charge in [-0.3, -0.25) is 9.78 Å². The minimum Gasteiger partial charge on any atom is -0.384 e. The van der Waals surface area contributed by atoms with Gasteiger partial charge in [-0.1, -0.05) is 35.3 Å². The van der Waals surface area contributed by atoms with Crippen LogP contribution in [0.3, 0.4) is 0 Å². The summed E-state index contributed by atoms with van der Waals surface area (Å²) in [6.45, 7) is 1.09. The summed E-state index contributed by atoms with van der Waals surface area (Å²) in [5.74, 6) is -0.245. The molecule has 0 aliphatic rings. The van der Waals surface area contributed by atoms with Crippen LogP contribution in [0.25, 0.3) is 10.9 Å². The first-order valence-corrected chi connectivity index (χ1v) is 12.6.